The Bertz CT molecular complexity index is 422. The molecule has 2 rings (SSSR count). The van der Waals surface area contributed by atoms with Gasteiger partial charge in [-0.3, -0.25) is 9.59 Å². The van der Waals surface area contributed by atoms with Crippen LogP contribution in [0.4, 0.5) is 0 Å². The van der Waals surface area contributed by atoms with Crippen molar-refractivity contribution in [3.63, 3.8) is 0 Å². The fourth-order valence-electron chi connectivity index (χ4n) is 2.01. The van der Waals surface area contributed by atoms with Crippen LogP contribution in [-0.2, 0) is 9.59 Å². The first-order valence-corrected chi connectivity index (χ1v) is 7.66. The molecule has 1 saturated heterocycles. The first-order chi connectivity index (χ1) is 8.68. The number of aromatic nitrogens is 1. The van der Waals surface area contributed by atoms with Gasteiger partial charge in [0.15, 0.2) is 0 Å². The number of primary amides is 1. The molecule has 1 atom stereocenters. The molecule has 0 aromatic carbocycles. The zero-order valence-corrected chi connectivity index (χ0v) is 11.5. The second-order valence-corrected chi connectivity index (χ2v) is 6.20. The van der Waals surface area contributed by atoms with E-state index in [1.165, 1.54) is 23.1 Å². The maximum atomic E-state index is 12.1. The van der Waals surface area contributed by atoms with E-state index >= 15 is 0 Å². The highest BCUT2D eigenvalue weighted by Gasteiger charge is 2.30. The maximum Gasteiger partial charge on any atom is 0.240 e. The lowest BCUT2D eigenvalue weighted by Crippen LogP contribution is -2.51. The van der Waals surface area contributed by atoms with E-state index in [9.17, 15) is 9.59 Å². The van der Waals surface area contributed by atoms with Gasteiger partial charge < -0.3 is 10.6 Å². The predicted octanol–water partition coefficient (Wildman–Crippen LogP) is 1.10. The Morgan fingerprint density at radius 3 is 3.06 bits per heavy atom. The molecule has 2 heterocycles. The van der Waals surface area contributed by atoms with E-state index in [2.05, 4.69) is 4.98 Å². The van der Waals surface area contributed by atoms with Gasteiger partial charge in [-0.25, -0.2) is 4.98 Å². The predicted molar refractivity (Wildman–Crippen MR) is 71.4 cm³/mol. The molecule has 1 aromatic heterocycles. The largest absolute Gasteiger partial charge is 0.368 e. The molecule has 2 N–H and O–H groups in total. The Hall–Kier alpha value is -1.08. The van der Waals surface area contributed by atoms with E-state index in [-0.39, 0.29) is 5.91 Å². The highest BCUT2D eigenvalue weighted by molar-refractivity contribution is 8.01. The lowest BCUT2D eigenvalue weighted by Gasteiger charge is -2.33. The number of thioether (sulfide) groups is 1. The third kappa shape index (κ3) is 3.23. The summed E-state index contributed by atoms with van der Waals surface area (Å²) >= 11 is 2.91. The summed E-state index contributed by atoms with van der Waals surface area (Å²) in [6.07, 6.45) is 4.29. The standard InChI is InChI=1S/C11H15N3O2S2/c12-10(16)8-3-1-2-5-14(8)9(15)7-18-11-13-4-6-17-11/h4,6,8H,1-3,5,7H2,(H2,12,16)/t8-/m1/s1. The molecule has 0 radical (unpaired) electrons. The maximum absolute atomic E-state index is 12.1. The minimum atomic E-state index is -0.428. The Morgan fingerprint density at radius 1 is 1.56 bits per heavy atom. The van der Waals surface area contributed by atoms with Crippen molar-refractivity contribution in [1.29, 1.82) is 0 Å². The summed E-state index contributed by atoms with van der Waals surface area (Å²) in [5.41, 5.74) is 5.34. The summed E-state index contributed by atoms with van der Waals surface area (Å²) in [6, 6.07) is -0.428. The molecular weight excluding hydrogens is 270 g/mol. The number of nitrogens with two attached hydrogens (primary N) is 1. The van der Waals surface area contributed by atoms with Crippen molar-refractivity contribution in [2.24, 2.45) is 5.73 Å². The van der Waals surface area contributed by atoms with Crippen molar-refractivity contribution in [2.45, 2.75) is 29.6 Å². The van der Waals surface area contributed by atoms with Gasteiger partial charge >= 0.3 is 0 Å². The average Bonchev–Trinajstić information content (AvgIpc) is 2.89. The van der Waals surface area contributed by atoms with Crippen molar-refractivity contribution < 1.29 is 9.59 Å². The third-order valence-electron chi connectivity index (χ3n) is 2.88. The SMILES string of the molecule is NC(=O)[C@H]1CCCCN1C(=O)CSc1nccs1. The Balaban J connectivity index is 1.92. The summed E-state index contributed by atoms with van der Waals surface area (Å²) < 4.78 is 0.871. The smallest absolute Gasteiger partial charge is 0.240 e. The van der Waals surface area contributed by atoms with Gasteiger partial charge in [-0.05, 0) is 19.3 Å². The minimum absolute atomic E-state index is 0.0290. The minimum Gasteiger partial charge on any atom is -0.368 e. The number of carbonyl (C=O) groups is 2. The third-order valence-corrected chi connectivity index (χ3v) is 4.83. The molecule has 1 aliphatic heterocycles. The zero-order valence-electron chi connectivity index (χ0n) is 9.87. The summed E-state index contributed by atoms with van der Waals surface area (Å²) in [5, 5.41) is 1.87. The number of likely N-dealkylation sites (tertiary alicyclic amines) is 1. The first-order valence-electron chi connectivity index (χ1n) is 5.79. The van der Waals surface area contributed by atoms with Gasteiger partial charge in [0, 0.05) is 18.1 Å². The molecule has 0 bridgehead atoms. The molecular formula is C11H15N3O2S2. The molecule has 1 aliphatic rings. The van der Waals surface area contributed by atoms with Gasteiger partial charge in [-0.15, -0.1) is 11.3 Å². The molecule has 0 spiro atoms. The monoisotopic (exact) mass is 285 g/mol. The fraction of sp³-hybridized carbons (Fsp3) is 0.545. The van der Waals surface area contributed by atoms with Gasteiger partial charge in [0.1, 0.15) is 10.4 Å². The molecule has 0 aliphatic carbocycles. The number of rotatable bonds is 4. The van der Waals surface area contributed by atoms with Crippen molar-refractivity contribution in [1.82, 2.24) is 9.88 Å². The van der Waals surface area contributed by atoms with Crippen LogP contribution in [0.3, 0.4) is 0 Å². The normalized spacial score (nSPS) is 19.8. The Morgan fingerprint density at radius 2 is 2.39 bits per heavy atom. The van der Waals surface area contributed by atoms with Crippen molar-refractivity contribution in [2.75, 3.05) is 12.3 Å². The summed E-state index contributed by atoms with van der Waals surface area (Å²) in [4.78, 5) is 29.1. The van der Waals surface area contributed by atoms with Gasteiger partial charge in [0.2, 0.25) is 11.8 Å². The van der Waals surface area contributed by atoms with Crippen LogP contribution in [0.5, 0.6) is 0 Å². The van der Waals surface area contributed by atoms with Crippen molar-refractivity contribution >= 4 is 34.9 Å². The lowest BCUT2D eigenvalue weighted by atomic mass is 10.0. The number of hydrogen-bond donors (Lipinski definition) is 1. The number of amides is 2. The lowest BCUT2D eigenvalue weighted by molar-refractivity contribution is -0.138. The van der Waals surface area contributed by atoms with E-state index in [0.717, 1.165) is 17.2 Å². The molecule has 0 saturated carbocycles. The van der Waals surface area contributed by atoms with Gasteiger partial charge in [-0.2, -0.15) is 0 Å². The van der Waals surface area contributed by atoms with Crippen LogP contribution in [-0.4, -0.2) is 40.0 Å². The molecule has 0 unspecified atom stereocenters. The van der Waals surface area contributed by atoms with Gasteiger partial charge in [0.05, 0.1) is 5.75 Å². The molecule has 98 valence electrons. The number of nitrogens with zero attached hydrogens (tertiary/aromatic N) is 2. The molecule has 5 nitrogen and oxygen atoms in total. The molecule has 18 heavy (non-hydrogen) atoms. The van der Waals surface area contributed by atoms with E-state index < -0.39 is 11.9 Å². The second kappa shape index (κ2) is 6.19. The van der Waals surface area contributed by atoms with Crippen molar-refractivity contribution in [3.8, 4) is 0 Å². The highest BCUT2D eigenvalue weighted by Crippen LogP contribution is 2.23. The van der Waals surface area contributed by atoms with E-state index in [1.54, 1.807) is 11.1 Å². The van der Waals surface area contributed by atoms with Crippen LogP contribution >= 0.6 is 23.1 Å². The number of carbonyl (C=O) groups excluding carboxylic acids is 2. The van der Waals surface area contributed by atoms with Crippen LogP contribution in [0.15, 0.2) is 15.9 Å². The van der Waals surface area contributed by atoms with E-state index in [1.807, 2.05) is 5.38 Å². The number of thiazole rings is 1. The molecule has 7 heteroatoms. The van der Waals surface area contributed by atoms with Crippen LogP contribution < -0.4 is 5.73 Å². The number of piperidine rings is 1. The van der Waals surface area contributed by atoms with Crippen LogP contribution in [0, 0.1) is 0 Å². The summed E-state index contributed by atoms with van der Waals surface area (Å²) in [7, 11) is 0. The molecule has 1 fully saturated rings. The van der Waals surface area contributed by atoms with Gasteiger partial charge in [0.25, 0.3) is 0 Å². The highest BCUT2D eigenvalue weighted by atomic mass is 32.2. The first kappa shape index (κ1) is 13.4. The van der Waals surface area contributed by atoms with Gasteiger partial charge in [-0.1, -0.05) is 11.8 Å². The van der Waals surface area contributed by atoms with E-state index in [4.69, 9.17) is 5.73 Å². The Labute approximate surface area is 114 Å². The number of hydrogen-bond acceptors (Lipinski definition) is 5. The van der Waals surface area contributed by atoms with E-state index in [0.29, 0.717) is 18.7 Å². The van der Waals surface area contributed by atoms with Crippen LogP contribution in [0.2, 0.25) is 0 Å². The second-order valence-electron chi connectivity index (χ2n) is 4.09. The fourth-order valence-corrected chi connectivity index (χ4v) is 3.54. The molecule has 2 amide bonds. The summed E-state index contributed by atoms with van der Waals surface area (Å²) in [6.45, 7) is 0.630. The quantitative estimate of drug-likeness (QED) is 0.841. The molecule has 1 aromatic rings. The average molecular weight is 285 g/mol. The van der Waals surface area contributed by atoms with Crippen LogP contribution in [0.1, 0.15) is 19.3 Å². The summed E-state index contributed by atoms with van der Waals surface area (Å²) in [5.74, 6) is -0.113. The topological polar surface area (TPSA) is 76.3 Å². The van der Waals surface area contributed by atoms with Crippen molar-refractivity contribution in [3.05, 3.63) is 11.6 Å². The Kier molecular flexibility index (Phi) is 4.60. The zero-order chi connectivity index (χ0) is 13.0. The van der Waals surface area contributed by atoms with Crippen LogP contribution in [0.25, 0.3) is 0 Å².